The summed E-state index contributed by atoms with van der Waals surface area (Å²) in [6, 6.07) is 9.41. The van der Waals surface area contributed by atoms with Crippen LogP contribution in [-0.2, 0) is 10.2 Å². The van der Waals surface area contributed by atoms with E-state index >= 15 is 0 Å². The molecule has 0 bridgehead atoms. The fourth-order valence-electron chi connectivity index (χ4n) is 2.36. The lowest BCUT2D eigenvalue weighted by Gasteiger charge is -2.27. The first kappa shape index (κ1) is 17.0. The first-order valence-electron chi connectivity index (χ1n) is 8.10. The molecule has 0 aliphatic carbocycles. The van der Waals surface area contributed by atoms with Gasteiger partial charge in [-0.05, 0) is 40.8 Å². The Hall–Kier alpha value is -2.89. The van der Waals surface area contributed by atoms with Gasteiger partial charge in [0.25, 0.3) is 5.91 Å². The summed E-state index contributed by atoms with van der Waals surface area (Å²) in [4.78, 5) is 16.2. The topological polar surface area (TPSA) is 72.8 Å². The maximum atomic E-state index is 12.2. The van der Waals surface area contributed by atoms with E-state index in [1.807, 2.05) is 18.2 Å². The van der Waals surface area contributed by atoms with Gasteiger partial charge in [-0.3, -0.25) is 9.78 Å². The minimum Gasteiger partial charge on any atom is -0.485 e. The second-order valence-corrected chi connectivity index (χ2v) is 6.84. The first-order valence-corrected chi connectivity index (χ1v) is 8.10. The molecule has 0 fully saturated rings. The lowest BCUT2D eigenvalue weighted by atomic mass is 9.87. The molecule has 6 heteroatoms. The van der Waals surface area contributed by atoms with Crippen molar-refractivity contribution in [3.05, 3.63) is 53.9 Å². The van der Waals surface area contributed by atoms with Gasteiger partial charge in [0.1, 0.15) is 6.61 Å². The number of hydrogen-bond acceptors (Lipinski definition) is 5. The Morgan fingerprint density at radius 3 is 2.72 bits per heavy atom. The van der Waals surface area contributed by atoms with Gasteiger partial charge in [0.15, 0.2) is 11.5 Å². The number of carbonyl (C=O) groups excluding carboxylic acids is 1. The molecule has 3 rings (SSSR count). The highest BCUT2D eigenvalue weighted by molar-refractivity contribution is 5.84. The second-order valence-electron chi connectivity index (χ2n) is 6.84. The Balaban J connectivity index is 1.65. The van der Waals surface area contributed by atoms with Crippen LogP contribution in [0.15, 0.2) is 47.8 Å². The largest absolute Gasteiger partial charge is 0.485 e. The highest BCUT2D eigenvalue weighted by atomic mass is 16.6. The van der Waals surface area contributed by atoms with Crippen LogP contribution in [0.5, 0.6) is 11.5 Å². The Morgan fingerprint density at radius 1 is 1.24 bits per heavy atom. The molecule has 0 spiro atoms. The van der Waals surface area contributed by atoms with E-state index in [2.05, 4.69) is 36.3 Å². The van der Waals surface area contributed by atoms with Gasteiger partial charge in [-0.2, -0.15) is 5.10 Å². The van der Waals surface area contributed by atoms with E-state index in [0.717, 1.165) is 11.1 Å². The summed E-state index contributed by atoms with van der Waals surface area (Å²) in [6.07, 6.45) is 4.13. The summed E-state index contributed by atoms with van der Waals surface area (Å²) in [7, 11) is 0. The van der Waals surface area contributed by atoms with Gasteiger partial charge < -0.3 is 9.47 Å². The molecular weight excluding hydrogens is 318 g/mol. The Kier molecular flexibility index (Phi) is 4.70. The third-order valence-electron chi connectivity index (χ3n) is 3.86. The highest BCUT2D eigenvalue weighted by Gasteiger charge is 2.28. The average molecular weight is 339 g/mol. The monoisotopic (exact) mass is 339 g/mol. The Bertz CT molecular complexity index is 782. The number of pyridine rings is 1. The fraction of sp³-hybridized carbons (Fsp3) is 0.316. The van der Waals surface area contributed by atoms with Crippen LogP contribution >= 0.6 is 0 Å². The molecule has 25 heavy (non-hydrogen) atoms. The third kappa shape index (κ3) is 4.15. The van der Waals surface area contributed by atoms with E-state index in [4.69, 9.17) is 9.47 Å². The van der Waals surface area contributed by atoms with Gasteiger partial charge in [0.2, 0.25) is 6.10 Å². The zero-order valence-electron chi connectivity index (χ0n) is 14.5. The number of benzene rings is 1. The van der Waals surface area contributed by atoms with Crippen LogP contribution < -0.4 is 14.9 Å². The number of fused-ring (bicyclic) bond motifs is 1. The summed E-state index contributed by atoms with van der Waals surface area (Å²) < 4.78 is 11.5. The predicted octanol–water partition coefficient (Wildman–Crippen LogP) is 2.67. The number of carbonyl (C=O) groups is 1. The van der Waals surface area contributed by atoms with Crippen molar-refractivity contribution in [3.63, 3.8) is 0 Å². The van der Waals surface area contributed by atoms with Crippen molar-refractivity contribution in [1.82, 2.24) is 10.4 Å². The molecule has 0 unspecified atom stereocenters. The molecule has 1 aliphatic heterocycles. The van der Waals surface area contributed by atoms with Gasteiger partial charge in [0.05, 0.1) is 6.21 Å². The van der Waals surface area contributed by atoms with Crippen LogP contribution in [0.25, 0.3) is 0 Å². The van der Waals surface area contributed by atoms with Gasteiger partial charge in [-0.25, -0.2) is 5.43 Å². The molecule has 130 valence electrons. The molecule has 1 amide bonds. The van der Waals surface area contributed by atoms with E-state index in [0.29, 0.717) is 11.5 Å². The van der Waals surface area contributed by atoms with E-state index < -0.39 is 6.10 Å². The number of amides is 1. The van der Waals surface area contributed by atoms with Gasteiger partial charge in [-0.15, -0.1) is 0 Å². The van der Waals surface area contributed by atoms with E-state index in [1.165, 1.54) is 0 Å². The van der Waals surface area contributed by atoms with Gasteiger partial charge >= 0.3 is 0 Å². The molecule has 0 saturated carbocycles. The van der Waals surface area contributed by atoms with Crippen LogP contribution in [-0.4, -0.2) is 29.8 Å². The fourth-order valence-corrected chi connectivity index (χ4v) is 2.36. The Labute approximate surface area is 146 Å². The Morgan fingerprint density at radius 2 is 2.00 bits per heavy atom. The van der Waals surface area contributed by atoms with Crippen LogP contribution in [0.3, 0.4) is 0 Å². The van der Waals surface area contributed by atoms with Crippen LogP contribution in [0.1, 0.15) is 31.9 Å². The second kappa shape index (κ2) is 6.93. The van der Waals surface area contributed by atoms with Crippen LogP contribution in [0, 0.1) is 0 Å². The van der Waals surface area contributed by atoms with Crippen molar-refractivity contribution in [2.45, 2.75) is 32.3 Å². The molecule has 2 heterocycles. The normalized spacial score (nSPS) is 16.7. The maximum absolute atomic E-state index is 12.2. The van der Waals surface area contributed by atoms with Crippen molar-refractivity contribution in [3.8, 4) is 11.5 Å². The number of nitrogens with one attached hydrogen (secondary N) is 1. The van der Waals surface area contributed by atoms with E-state index in [1.54, 1.807) is 30.7 Å². The van der Waals surface area contributed by atoms with Gasteiger partial charge in [0, 0.05) is 12.4 Å². The number of aromatic nitrogens is 1. The molecular formula is C19H21N3O3. The number of rotatable bonds is 3. The molecule has 1 aliphatic rings. The van der Waals surface area contributed by atoms with E-state index in [-0.39, 0.29) is 17.9 Å². The summed E-state index contributed by atoms with van der Waals surface area (Å²) in [5.74, 6) is 0.881. The van der Waals surface area contributed by atoms with Crippen molar-refractivity contribution in [2.75, 3.05) is 6.61 Å². The molecule has 6 nitrogen and oxygen atoms in total. The smallest absolute Gasteiger partial charge is 0.284 e. The minimum absolute atomic E-state index is 0.0115. The summed E-state index contributed by atoms with van der Waals surface area (Å²) in [5, 5.41) is 3.94. The average Bonchev–Trinajstić information content (AvgIpc) is 2.61. The van der Waals surface area contributed by atoms with Crippen LogP contribution in [0.2, 0.25) is 0 Å². The number of hydrazone groups is 1. The molecule has 2 aromatic rings. The lowest BCUT2D eigenvalue weighted by molar-refractivity contribution is -0.130. The minimum atomic E-state index is -0.739. The first-order chi connectivity index (χ1) is 11.9. The van der Waals surface area contributed by atoms with E-state index in [9.17, 15) is 4.79 Å². The summed E-state index contributed by atoms with van der Waals surface area (Å²) >= 11 is 0. The number of hydrogen-bond donors (Lipinski definition) is 1. The quantitative estimate of drug-likeness (QED) is 0.689. The van der Waals surface area contributed by atoms with Crippen molar-refractivity contribution >= 4 is 12.1 Å². The van der Waals surface area contributed by atoms with Gasteiger partial charge in [-0.1, -0.05) is 26.8 Å². The zero-order valence-corrected chi connectivity index (χ0v) is 14.5. The summed E-state index contributed by atoms with van der Waals surface area (Å²) in [5.41, 5.74) is 4.43. The molecule has 1 aromatic heterocycles. The lowest BCUT2D eigenvalue weighted by Crippen LogP contribution is -2.42. The van der Waals surface area contributed by atoms with Crippen LogP contribution in [0.4, 0.5) is 0 Å². The SMILES string of the molecule is CC(C)(C)c1ccc2c(c1)O[C@@H](C(=O)N/N=C/c1ccncc1)CO2. The molecule has 0 radical (unpaired) electrons. The predicted molar refractivity (Wildman–Crippen MR) is 95.0 cm³/mol. The summed E-state index contributed by atoms with van der Waals surface area (Å²) in [6.45, 7) is 6.52. The molecule has 1 aromatic carbocycles. The standard InChI is InChI=1S/C19H21N3O3/c1-19(2,3)14-4-5-15-16(10-14)25-17(12-24-15)18(23)22-21-11-13-6-8-20-9-7-13/h4-11,17H,12H2,1-3H3,(H,22,23)/b21-11+/t17-/m1/s1. The number of nitrogens with zero attached hydrogens (tertiary/aromatic N) is 2. The van der Waals surface area contributed by atoms with Crippen molar-refractivity contribution in [2.24, 2.45) is 5.10 Å². The highest BCUT2D eigenvalue weighted by Crippen LogP contribution is 2.36. The maximum Gasteiger partial charge on any atom is 0.284 e. The van der Waals surface area contributed by atoms with Crippen molar-refractivity contribution < 1.29 is 14.3 Å². The molecule has 1 N–H and O–H groups in total. The zero-order chi connectivity index (χ0) is 17.9. The number of ether oxygens (including phenoxy) is 2. The third-order valence-corrected chi connectivity index (χ3v) is 3.86. The molecule has 0 saturated heterocycles. The molecule has 1 atom stereocenters. The van der Waals surface area contributed by atoms with Crippen molar-refractivity contribution in [1.29, 1.82) is 0 Å².